The fourth-order valence-electron chi connectivity index (χ4n) is 2.06. The Kier molecular flexibility index (Phi) is 2.82. The fraction of sp³-hybridized carbons (Fsp3) is 0.600. The van der Waals surface area contributed by atoms with Gasteiger partial charge >= 0.3 is 5.69 Å². The third kappa shape index (κ3) is 2.01. The maximum Gasteiger partial charge on any atom is 0.329 e. The molecule has 0 bridgehead atoms. The van der Waals surface area contributed by atoms with Crippen molar-refractivity contribution in [2.45, 2.75) is 18.9 Å². The number of piperidine rings is 1. The first-order valence-corrected chi connectivity index (χ1v) is 5.39. The number of anilines is 1. The quantitative estimate of drug-likeness (QED) is 0.641. The minimum Gasteiger partial charge on any atom is -0.356 e. The van der Waals surface area contributed by atoms with Crippen LogP contribution < -0.4 is 21.9 Å². The van der Waals surface area contributed by atoms with E-state index >= 15 is 0 Å². The van der Waals surface area contributed by atoms with Crippen LogP contribution in [-0.2, 0) is 7.05 Å². The third-order valence-corrected chi connectivity index (χ3v) is 2.92. The molecule has 1 saturated heterocycles. The maximum absolute atomic E-state index is 11.4. The highest BCUT2D eigenvalue weighted by molar-refractivity contribution is 5.38. The van der Waals surface area contributed by atoms with Crippen molar-refractivity contribution in [1.82, 2.24) is 9.55 Å². The minimum absolute atomic E-state index is 0.114. The molecule has 2 heterocycles. The number of rotatable bonds is 1. The molecule has 1 aromatic rings. The van der Waals surface area contributed by atoms with Gasteiger partial charge in [-0.15, -0.1) is 0 Å². The number of nitrogens with zero attached hydrogens (tertiary/aromatic N) is 2. The van der Waals surface area contributed by atoms with E-state index in [0.717, 1.165) is 19.4 Å². The summed E-state index contributed by atoms with van der Waals surface area (Å²) in [6.07, 6.45) is 1.98. The van der Waals surface area contributed by atoms with Gasteiger partial charge in [0.2, 0.25) is 0 Å². The highest BCUT2D eigenvalue weighted by Gasteiger charge is 2.19. The standard InChI is InChI=1S/C10H16N4O2/c1-13-9(5-8(15)12-10(13)16)14-4-2-3-7(11)6-14/h5,7H,2-4,6,11H2,1H3,(H,12,15,16). The lowest BCUT2D eigenvalue weighted by Crippen LogP contribution is -2.45. The van der Waals surface area contributed by atoms with E-state index in [1.54, 1.807) is 7.05 Å². The highest BCUT2D eigenvalue weighted by Crippen LogP contribution is 2.15. The second kappa shape index (κ2) is 4.13. The summed E-state index contributed by atoms with van der Waals surface area (Å²) in [5.41, 5.74) is 5.12. The summed E-state index contributed by atoms with van der Waals surface area (Å²) >= 11 is 0. The first-order chi connectivity index (χ1) is 7.58. The highest BCUT2D eigenvalue weighted by atomic mass is 16.2. The molecule has 1 atom stereocenters. The molecule has 1 unspecified atom stereocenters. The molecule has 1 fully saturated rings. The Morgan fingerprint density at radius 1 is 1.50 bits per heavy atom. The zero-order chi connectivity index (χ0) is 11.7. The Bertz CT molecular complexity index is 490. The largest absolute Gasteiger partial charge is 0.356 e. The number of nitrogens with one attached hydrogen (secondary N) is 1. The van der Waals surface area contributed by atoms with Gasteiger partial charge in [0.15, 0.2) is 0 Å². The molecule has 0 aromatic carbocycles. The van der Waals surface area contributed by atoms with Crippen molar-refractivity contribution in [2.24, 2.45) is 12.8 Å². The van der Waals surface area contributed by atoms with Gasteiger partial charge in [-0.3, -0.25) is 14.3 Å². The van der Waals surface area contributed by atoms with Gasteiger partial charge < -0.3 is 10.6 Å². The van der Waals surface area contributed by atoms with Gasteiger partial charge in [0.1, 0.15) is 5.82 Å². The zero-order valence-electron chi connectivity index (χ0n) is 9.27. The van der Waals surface area contributed by atoms with Gasteiger partial charge in [-0.25, -0.2) is 4.79 Å². The molecular weight excluding hydrogens is 208 g/mol. The van der Waals surface area contributed by atoms with E-state index in [0.29, 0.717) is 12.4 Å². The maximum atomic E-state index is 11.4. The van der Waals surface area contributed by atoms with E-state index in [2.05, 4.69) is 4.98 Å². The summed E-state index contributed by atoms with van der Waals surface area (Å²) in [6, 6.07) is 1.56. The van der Waals surface area contributed by atoms with Crippen molar-refractivity contribution in [3.05, 3.63) is 26.9 Å². The summed E-state index contributed by atoms with van der Waals surface area (Å²) in [5, 5.41) is 0. The molecule has 6 nitrogen and oxygen atoms in total. The molecule has 16 heavy (non-hydrogen) atoms. The second-order valence-electron chi connectivity index (χ2n) is 4.20. The van der Waals surface area contributed by atoms with Crippen molar-refractivity contribution in [3.8, 4) is 0 Å². The van der Waals surface area contributed by atoms with E-state index in [1.807, 2.05) is 4.90 Å². The lowest BCUT2D eigenvalue weighted by molar-refractivity contribution is 0.496. The van der Waals surface area contributed by atoms with Gasteiger partial charge in [0.25, 0.3) is 5.56 Å². The Labute approximate surface area is 92.7 Å². The summed E-state index contributed by atoms with van der Waals surface area (Å²) < 4.78 is 1.44. The van der Waals surface area contributed by atoms with Crippen molar-refractivity contribution < 1.29 is 0 Å². The van der Waals surface area contributed by atoms with Gasteiger partial charge in [0.05, 0.1) is 0 Å². The molecule has 3 N–H and O–H groups in total. The number of aromatic amines is 1. The molecule has 6 heteroatoms. The van der Waals surface area contributed by atoms with Crippen molar-refractivity contribution >= 4 is 5.82 Å². The smallest absolute Gasteiger partial charge is 0.329 e. The number of H-pyrrole nitrogens is 1. The number of nitrogens with two attached hydrogens (primary N) is 1. The lowest BCUT2D eigenvalue weighted by Gasteiger charge is -2.33. The first kappa shape index (κ1) is 10.9. The summed E-state index contributed by atoms with van der Waals surface area (Å²) in [4.78, 5) is 26.9. The van der Waals surface area contributed by atoms with Crippen LogP contribution >= 0.6 is 0 Å². The molecule has 1 aliphatic rings. The molecule has 1 aliphatic heterocycles. The number of hydrogen-bond donors (Lipinski definition) is 2. The van der Waals surface area contributed by atoms with Crippen LogP contribution in [-0.4, -0.2) is 28.7 Å². The Morgan fingerprint density at radius 3 is 2.94 bits per heavy atom. The van der Waals surface area contributed by atoms with Gasteiger partial charge in [-0.2, -0.15) is 0 Å². The lowest BCUT2D eigenvalue weighted by atomic mass is 10.1. The normalized spacial score (nSPS) is 21.1. The number of aromatic nitrogens is 2. The van der Waals surface area contributed by atoms with Crippen molar-refractivity contribution in [2.75, 3.05) is 18.0 Å². The molecular formula is C10H16N4O2. The van der Waals surface area contributed by atoms with Crippen LogP contribution in [0.4, 0.5) is 5.82 Å². The first-order valence-electron chi connectivity index (χ1n) is 5.39. The van der Waals surface area contributed by atoms with Crippen LogP contribution in [0.5, 0.6) is 0 Å². The van der Waals surface area contributed by atoms with Crippen LogP contribution in [0.25, 0.3) is 0 Å². The molecule has 88 valence electrons. The third-order valence-electron chi connectivity index (χ3n) is 2.92. The SMILES string of the molecule is Cn1c(N2CCCC(N)C2)cc(=O)[nH]c1=O. The van der Waals surface area contributed by atoms with E-state index in [1.165, 1.54) is 10.6 Å². The summed E-state index contributed by atoms with van der Waals surface area (Å²) in [7, 11) is 1.65. The molecule has 0 radical (unpaired) electrons. The summed E-state index contributed by atoms with van der Waals surface area (Å²) in [6.45, 7) is 1.53. The van der Waals surface area contributed by atoms with E-state index in [-0.39, 0.29) is 17.3 Å². The molecule has 0 amide bonds. The van der Waals surface area contributed by atoms with Gasteiger partial charge in [-0.1, -0.05) is 0 Å². The second-order valence-corrected chi connectivity index (χ2v) is 4.20. The topological polar surface area (TPSA) is 84.1 Å². The van der Waals surface area contributed by atoms with Crippen LogP contribution in [0.15, 0.2) is 15.7 Å². The van der Waals surface area contributed by atoms with Gasteiger partial charge in [-0.05, 0) is 12.8 Å². The predicted molar refractivity (Wildman–Crippen MR) is 61.7 cm³/mol. The Morgan fingerprint density at radius 2 is 2.25 bits per heavy atom. The number of hydrogen-bond acceptors (Lipinski definition) is 4. The Hall–Kier alpha value is -1.56. The van der Waals surface area contributed by atoms with Crippen LogP contribution in [0, 0.1) is 0 Å². The van der Waals surface area contributed by atoms with Crippen LogP contribution in [0.2, 0.25) is 0 Å². The Balaban J connectivity index is 2.39. The van der Waals surface area contributed by atoms with E-state index in [4.69, 9.17) is 5.73 Å². The van der Waals surface area contributed by atoms with Gasteiger partial charge in [0, 0.05) is 32.2 Å². The van der Waals surface area contributed by atoms with Crippen LogP contribution in [0.3, 0.4) is 0 Å². The zero-order valence-corrected chi connectivity index (χ0v) is 9.27. The van der Waals surface area contributed by atoms with E-state index in [9.17, 15) is 9.59 Å². The molecule has 0 aliphatic carbocycles. The predicted octanol–water partition coefficient (Wildman–Crippen LogP) is -0.999. The average molecular weight is 224 g/mol. The fourth-order valence-corrected chi connectivity index (χ4v) is 2.06. The van der Waals surface area contributed by atoms with Crippen molar-refractivity contribution in [1.29, 1.82) is 0 Å². The molecule has 0 saturated carbocycles. The average Bonchev–Trinajstić information content (AvgIpc) is 2.23. The molecule has 1 aromatic heterocycles. The molecule has 2 rings (SSSR count). The van der Waals surface area contributed by atoms with Crippen molar-refractivity contribution in [3.63, 3.8) is 0 Å². The summed E-state index contributed by atoms with van der Waals surface area (Å²) in [5.74, 6) is 0.643. The van der Waals surface area contributed by atoms with E-state index < -0.39 is 0 Å². The van der Waals surface area contributed by atoms with Crippen LogP contribution in [0.1, 0.15) is 12.8 Å². The molecule has 0 spiro atoms. The monoisotopic (exact) mass is 224 g/mol. The minimum atomic E-state index is -0.387.